The maximum absolute atomic E-state index is 11.3. The summed E-state index contributed by atoms with van der Waals surface area (Å²) in [6, 6.07) is 10.3. The summed E-state index contributed by atoms with van der Waals surface area (Å²) in [5, 5.41) is 2.85. The van der Waals surface area contributed by atoms with Crippen molar-refractivity contribution in [1.82, 2.24) is 5.32 Å². The van der Waals surface area contributed by atoms with Crippen molar-refractivity contribution >= 4 is 18.3 Å². The fourth-order valence-corrected chi connectivity index (χ4v) is 1.69. The van der Waals surface area contributed by atoms with Crippen molar-refractivity contribution < 1.29 is 9.53 Å². The molecule has 1 rings (SSSR count). The predicted molar refractivity (Wildman–Crippen MR) is 84.1 cm³/mol. The van der Waals surface area contributed by atoms with Crippen molar-refractivity contribution in [3.8, 4) is 0 Å². The highest BCUT2D eigenvalue weighted by Gasteiger charge is 1.98. The van der Waals surface area contributed by atoms with Gasteiger partial charge in [-0.2, -0.15) is 0 Å². The van der Waals surface area contributed by atoms with E-state index in [9.17, 15) is 4.79 Å². The Morgan fingerprint density at radius 1 is 1.15 bits per heavy atom. The zero-order valence-corrected chi connectivity index (χ0v) is 12.7. The second kappa shape index (κ2) is 12.9. The van der Waals surface area contributed by atoms with Gasteiger partial charge in [-0.05, 0) is 31.4 Å². The van der Waals surface area contributed by atoms with Gasteiger partial charge in [-0.25, -0.2) is 0 Å². The molecule has 20 heavy (non-hydrogen) atoms. The van der Waals surface area contributed by atoms with E-state index in [1.165, 1.54) is 5.56 Å². The van der Waals surface area contributed by atoms with Crippen LogP contribution >= 0.6 is 12.4 Å². The molecule has 1 amide bonds. The predicted octanol–water partition coefficient (Wildman–Crippen LogP) is 1.91. The molecule has 1 aromatic carbocycles. The number of benzene rings is 1. The van der Waals surface area contributed by atoms with Crippen LogP contribution in [0.4, 0.5) is 0 Å². The van der Waals surface area contributed by atoms with E-state index < -0.39 is 0 Å². The van der Waals surface area contributed by atoms with Gasteiger partial charge in [0, 0.05) is 19.6 Å². The molecule has 0 aromatic heterocycles. The van der Waals surface area contributed by atoms with E-state index in [-0.39, 0.29) is 18.3 Å². The van der Waals surface area contributed by atoms with Gasteiger partial charge in [-0.1, -0.05) is 30.3 Å². The lowest BCUT2D eigenvalue weighted by Gasteiger charge is -2.06. The number of amides is 1. The standard InChI is InChI=1S/C15H24N2O2.ClH/c16-10-4-8-15(18)17-11-5-12-19-13-9-14-6-2-1-3-7-14;/h1-3,6-7H,4-5,8-13,16H2,(H,17,18);1H. The molecule has 0 aliphatic rings. The molecule has 0 aliphatic heterocycles. The minimum Gasteiger partial charge on any atom is -0.381 e. The van der Waals surface area contributed by atoms with Crippen LogP contribution in [0.1, 0.15) is 24.8 Å². The van der Waals surface area contributed by atoms with Crippen LogP contribution in [-0.4, -0.2) is 32.2 Å². The molecule has 0 spiro atoms. The summed E-state index contributed by atoms with van der Waals surface area (Å²) in [5.74, 6) is 0.0785. The molecule has 0 saturated carbocycles. The van der Waals surface area contributed by atoms with Gasteiger partial charge >= 0.3 is 0 Å². The Labute approximate surface area is 127 Å². The van der Waals surface area contributed by atoms with Gasteiger partial charge < -0.3 is 15.8 Å². The Kier molecular flexibility index (Phi) is 12.2. The number of ether oxygens (including phenoxy) is 1. The Bertz CT molecular complexity index is 347. The summed E-state index contributed by atoms with van der Waals surface area (Å²) < 4.78 is 5.53. The molecule has 1 aromatic rings. The second-order valence-electron chi connectivity index (χ2n) is 4.44. The highest BCUT2D eigenvalue weighted by molar-refractivity contribution is 5.85. The van der Waals surface area contributed by atoms with Crippen molar-refractivity contribution in [1.29, 1.82) is 0 Å². The second-order valence-corrected chi connectivity index (χ2v) is 4.44. The van der Waals surface area contributed by atoms with Crippen molar-refractivity contribution in [2.75, 3.05) is 26.3 Å². The van der Waals surface area contributed by atoms with Crippen LogP contribution in [0.25, 0.3) is 0 Å². The number of rotatable bonds is 10. The number of hydrogen-bond acceptors (Lipinski definition) is 3. The van der Waals surface area contributed by atoms with Crippen LogP contribution in [0.5, 0.6) is 0 Å². The van der Waals surface area contributed by atoms with E-state index in [4.69, 9.17) is 10.5 Å². The highest BCUT2D eigenvalue weighted by Crippen LogP contribution is 1.99. The monoisotopic (exact) mass is 300 g/mol. The Balaban J connectivity index is 0.00000361. The molecule has 0 radical (unpaired) electrons. The molecule has 0 saturated heterocycles. The lowest BCUT2D eigenvalue weighted by molar-refractivity contribution is -0.121. The van der Waals surface area contributed by atoms with Crippen molar-refractivity contribution in [2.45, 2.75) is 25.7 Å². The average Bonchev–Trinajstić information content (AvgIpc) is 2.45. The molecular formula is C15H25ClN2O2. The van der Waals surface area contributed by atoms with E-state index in [2.05, 4.69) is 17.4 Å². The maximum atomic E-state index is 11.3. The topological polar surface area (TPSA) is 64.4 Å². The number of carbonyl (C=O) groups excluding carboxylic acids is 1. The third kappa shape index (κ3) is 9.78. The smallest absolute Gasteiger partial charge is 0.220 e. The summed E-state index contributed by atoms with van der Waals surface area (Å²) in [6.07, 6.45) is 3.05. The first kappa shape index (κ1) is 18.9. The minimum absolute atomic E-state index is 0. The molecular weight excluding hydrogens is 276 g/mol. The Morgan fingerprint density at radius 2 is 1.90 bits per heavy atom. The van der Waals surface area contributed by atoms with Gasteiger partial charge in [0.25, 0.3) is 0 Å². The third-order valence-corrected chi connectivity index (χ3v) is 2.77. The number of carbonyl (C=O) groups is 1. The van der Waals surface area contributed by atoms with Crippen LogP contribution < -0.4 is 11.1 Å². The molecule has 0 heterocycles. The zero-order valence-electron chi connectivity index (χ0n) is 11.8. The van der Waals surface area contributed by atoms with Crippen LogP contribution in [0.2, 0.25) is 0 Å². The molecule has 0 fully saturated rings. The quantitative estimate of drug-likeness (QED) is 0.649. The van der Waals surface area contributed by atoms with Gasteiger partial charge in [0.2, 0.25) is 5.91 Å². The first-order valence-corrected chi connectivity index (χ1v) is 6.91. The van der Waals surface area contributed by atoms with Gasteiger partial charge in [-0.15, -0.1) is 12.4 Å². The van der Waals surface area contributed by atoms with E-state index >= 15 is 0 Å². The number of hydrogen-bond donors (Lipinski definition) is 2. The summed E-state index contributed by atoms with van der Waals surface area (Å²) in [6.45, 7) is 2.65. The molecule has 0 bridgehead atoms. The summed E-state index contributed by atoms with van der Waals surface area (Å²) >= 11 is 0. The normalized spacial score (nSPS) is 9.85. The Morgan fingerprint density at radius 3 is 2.60 bits per heavy atom. The number of nitrogens with one attached hydrogen (secondary N) is 1. The van der Waals surface area contributed by atoms with Crippen LogP contribution in [-0.2, 0) is 16.0 Å². The molecule has 0 atom stereocenters. The fourth-order valence-electron chi connectivity index (χ4n) is 1.69. The molecule has 4 nitrogen and oxygen atoms in total. The van der Waals surface area contributed by atoms with E-state index in [1.54, 1.807) is 0 Å². The fraction of sp³-hybridized carbons (Fsp3) is 0.533. The first-order chi connectivity index (χ1) is 9.33. The summed E-state index contributed by atoms with van der Waals surface area (Å²) in [4.78, 5) is 11.3. The average molecular weight is 301 g/mol. The summed E-state index contributed by atoms with van der Waals surface area (Å²) in [7, 11) is 0. The van der Waals surface area contributed by atoms with Gasteiger partial charge in [0.15, 0.2) is 0 Å². The third-order valence-electron chi connectivity index (χ3n) is 2.77. The van der Waals surface area contributed by atoms with Gasteiger partial charge in [0.1, 0.15) is 0 Å². The molecule has 114 valence electrons. The van der Waals surface area contributed by atoms with Crippen LogP contribution in [0, 0.1) is 0 Å². The van der Waals surface area contributed by atoms with Gasteiger partial charge in [0.05, 0.1) is 6.61 Å². The highest BCUT2D eigenvalue weighted by atomic mass is 35.5. The zero-order chi connectivity index (χ0) is 13.8. The number of halogens is 1. The summed E-state index contributed by atoms with van der Waals surface area (Å²) in [5.41, 5.74) is 6.62. The lowest BCUT2D eigenvalue weighted by Crippen LogP contribution is -2.25. The largest absolute Gasteiger partial charge is 0.381 e. The minimum atomic E-state index is 0. The van der Waals surface area contributed by atoms with E-state index in [0.717, 1.165) is 25.9 Å². The van der Waals surface area contributed by atoms with Crippen molar-refractivity contribution in [3.63, 3.8) is 0 Å². The van der Waals surface area contributed by atoms with E-state index in [0.29, 0.717) is 26.1 Å². The first-order valence-electron chi connectivity index (χ1n) is 6.91. The van der Waals surface area contributed by atoms with Crippen molar-refractivity contribution in [3.05, 3.63) is 35.9 Å². The molecule has 0 unspecified atom stereocenters. The van der Waals surface area contributed by atoms with Crippen molar-refractivity contribution in [2.24, 2.45) is 5.73 Å². The van der Waals surface area contributed by atoms with Crippen LogP contribution in [0.3, 0.4) is 0 Å². The number of nitrogens with two attached hydrogens (primary N) is 1. The molecule has 3 N–H and O–H groups in total. The van der Waals surface area contributed by atoms with Gasteiger partial charge in [-0.3, -0.25) is 4.79 Å². The molecule has 5 heteroatoms. The lowest BCUT2D eigenvalue weighted by atomic mass is 10.2. The van der Waals surface area contributed by atoms with Crippen LogP contribution in [0.15, 0.2) is 30.3 Å². The SMILES string of the molecule is Cl.NCCCC(=O)NCCCOCCc1ccccc1. The molecule has 0 aliphatic carbocycles. The maximum Gasteiger partial charge on any atom is 0.220 e. The Hall–Kier alpha value is -1.10. The van der Waals surface area contributed by atoms with E-state index in [1.807, 2.05) is 18.2 Å².